The average molecular weight is 283 g/mol. The van der Waals surface area contributed by atoms with Gasteiger partial charge in [-0.3, -0.25) is 4.79 Å². The number of nitrogens with zero attached hydrogens (tertiary/aromatic N) is 1. The van der Waals surface area contributed by atoms with Crippen LogP contribution in [0, 0.1) is 0 Å². The van der Waals surface area contributed by atoms with Gasteiger partial charge in [-0.15, -0.1) is 0 Å². The van der Waals surface area contributed by atoms with Crippen LogP contribution in [0.3, 0.4) is 0 Å². The SMILES string of the molecule is C/C=C/C=C/C(=O)N(CCC)C1CCc2ccccc2C1. The minimum absolute atomic E-state index is 0.138. The van der Waals surface area contributed by atoms with Crippen LogP contribution in [0.1, 0.15) is 37.8 Å². The normalized spacial score (nSPS) is 18.1. The number of allylic oxidation sites excluding steroid dienone is 3. The monoisotopic (exact) mass is 283 g/mol. The third-order valence-electron chi connectivity index (χ3n) is 4.05. The average Bonchev–Trinajstić information content (AvgIpc) is 2.52. The second-order valence-corrected chi connectivity index (χ2v) is 5.58. The van der Waals surface area contributed by atoms with Gasteiger partial charge in [0.1, 0.15) is 0 Å². The van der Waals surface area contributed by atoms with Gasteiger partial charge in [-0.25, -0.2) is 0 Å². The summed E-state index contributed by atoms with van der Waals surface area (Å²) in [6.07, 6.45) is 11.5. The lowest BCUT2D eigenvalue weighted by Gasteiger charge is -2.34. The molecule has 2 nitrogen and oxygen atoms in total. The van der Waals surface area contributed by atoms with Crippen LogP contribution in [-0.2, 0) is 17.6 Å². The van der Waals surface area contributed by atoms with Gasteiger partial charge in [0.15, 0.2) is 0 Å². The number of benzene rings is 1. The van der Waals surface area contributed by atoms with Gasteiger partial charge in [0.25, 0.3) is 0 Å². The van der Waals surface area contributed by atoms with E-state index in [1.165, 1.54) is 11.1 Å². The Labute approximate surface area is 128 Å². The summed E-state index contributed by atoms with van der Waals surface area (Å²) >= 11 is 0. The number of rotatable bonds is 5. The van der Waals surface area contributed by atoms with Gasteiger partial charge in [-0.05, 0) is 43.7 Å². The van der Waals surface area contributed by atoms with Crippen LogP contribution < -0.4 is 0 Å². The van der Waals surface area contributed by atoms with E-state index >= 15 is 0 Å². The maximum Gasteiger partial charge on any atom is 0.246 e. The van der Waals surface area contributed by atoms with Crippen molar-refractivity contribution in [1.29, 1.82) is 0 Å². The highest BCUT2D eigenvalue weighted by molar-refractivity contribution is 5.88. The lowest BCUT2D eigenvalue weighted by atomic mass is 9.87. The van der Waals surface area contributed by atoms with Crippen LogP contribution in [0.5, 0.6) is 0 Å². The van der Waals surface area contributed by atoms with E-state index in [0.717, 1.165) is 32.2 Å². The first-order valence-electron chi connectivity index (χ1n) is 7.93. The first-order valence-corrected chi connectivity index (χ1v) is 7.93. The van der Waals surface area contributed by atoms with E-state index in [2.05, 4.69) is 36.1 Å². The molecular weight excluding hydrogens is 258 g/mol. The predicted molar refractivity (Wildman–Crippen MR) is 88.2 cm³/mol. The number of hydrogen-bond acceptors (Lipinski definition) is 1. The summed E-state index contributed by atoms with van der Waals surface area (Å²) in [4.78, 5) is 14.5. The largest absolute Gasteiger partial charge is 0.336 e. The molecule has 21 heavy (non-hydrogen) atoms. The Bertz CT molecular complexity index is 530. The Morgan fingerprint density at radius 2 is 2.05 bits per heavy atom. The molecule has 1 unspecified atom stereocenters. The van der Waals surface area contributed by atoms with Crippen molar-refractivity contribution in [1.82, 2.24) is 4.90 Å². The zero-order chi connectivity index (χ0) is 15.1. The van der Waals surface area contributed by atoms with E-state index in [1.54, 1.807) is 6.08 Å². The van der Waals surface area contributed by atoms with Gasteiger partial charge in [-0.2, -0.15) is 0 Å². The molecule has 0 saturated heterocycles. The molecule has 1 atom stereocenters. The number of hydrogen-bond donors (Lipinski definition) is 0. The van der Waals surface area contributed by atoms with Crippen molar-refractivity contribution in [3.8, 4) is 0 Å². The fourth-order valence-electron chi connectivity index (χ4n) is 3.00. The van der Waals surface area contributed by atoms with Crippen LogP contribution in [0.25, 0.3) is 0 Å². The van der Waals surface area contributed by atoms with Crippen molar-refractivity contribution in [2.45, 2.75) is 45.6 Å². The smallest absolute Gasteiger partial charge is 0.246 e. The summed E-state index contributed by atoms with van der Waals surface area (Å²) < 4.78 is 0. The summed E-state index contributed by atoms with van der Waals surface area (Å²) in [5, 5.41) is 0. The topological polar surface area (TPSA) is 20.3 Å². The van der Waals surface area contributed by atoms with Gasteiger partial charge >= 0.3 is 0 Å². The minimum Gasteiger partial charge on any atom is -0.336 e. The molecule has 2 rings (SSSR count). The lowest BCUT2D eigenvalue weighted by molar-refractivity contribution is -0.128. The van der Waals surface area contributed by atoms with Crippen LogP contribution >= 0.6 is 0 Å². The third-order valence-corrected chi connectivity index (χ3v) is 4.05. The molecule has 2 heteroatoms. The zero-order valence-electron chi connectivity index (χ0n) is 13.1. The molecule has 1 aliphatic rings. The van der Waals surface area contributed by atoms with Gasteiger partial charge in [0, 0.05) is 18.7 Å². The van der Waals surface area contributed by atoms with Gasteiger partial charge in [-0.1, -0.05) is 49.4 Å². The van der Waals surface area contributed by atoms with Crippen molar-refractivity contribution in [3.05, 3.63) is 59.7 Å². The molecule has 0 saturated carbocycles. The summed E-state index contributed by atoms with van der Waals surface area (Å²) in [5.41, 5.74) is 2.85. The fourth-order valence-corrected chi connectivity index (χ4v) is 3.00. The predicted octanol–water partition coefficient (Wildman–Crippen LogP) is 3.91. The van der Waals surface area contributed by atoms with Gasteiger partial charge in [0.05, 0.1) is 0 Å². The van der Waals surface area contributed by atoms with Crippen LogP contribution in [0.2, 0.25) is 0 Å². The number of fused-ring (bicyclic) bond motifs is 1. The summed E-state index contributed by atoms with van der Waals surface area (Å²) in [7, 11) is 0. The molecule has 1 aliphatic carbocycles. The molecule has 1 aromatic rings. The Kier molecular flexibility index (Phi) is 5.79. The minimum atomic E-state index is 0.138. The van der Waals surface area contributed by atoms with E-state index in [4.69, 9.17) is 0 Å². The summed E-state index contributed by atoms with van der Waals surface area (Å²) in [6.45, 7) is 4.93. The van der Waals surface area contributed by atoms with Crippen molar-refractivity contribution in [2.24, 2.45) is 0 Å². The number of aryl methyl sites for hydroxylation is 1. The Balaban J connectivity index is 2.10. The highest BCUT2D eigenvalue weighted by Gasteiger charge is 2.25. The third kappa shape index (κ3) is 4.07. The second-order valence-electron chi connectivity index (χ2n) is 5.58. The Morgan fingerprint density at radius 3 is 2.76 bits per heavy atom. The number of carbonyl (C=O) groups excluding carboxylic acids is 1. The molecular formula is C19H25NO. The first kappa shape index (κ1) is 15.6. The standard InChI is InChI=1S/C19H25NO/c1-3-5-6-11-19(21)20(14-4-2)18-13-12-16-9-7-8-10-17(16)15-18/h3,5-11,18H,4,12-15H2,1-2H3/b5-3+,11-6+. The summed E-state index contributed by atoms with van der Waals surface area (Å²) in [6, 6.07) is 8.95. The molecule has 0 aromatic heterocycles. The first-order chi connectivity index (χ1) is 10.3. The maximum atomic E-state index is 12.4. The Morgan fingerprint density at radius 1 is 1.29 bits per heavy atom. The molecule has 0 fully saturated rings. The van der Waals surface area contributed by atoms with E-state index in [9.17, 15) is 4.79 Å². The van der Waals surface area contributed by atoms with Gasteiger partial charge in [0.2, 0.25) is 5.91 Å². The molecule has 0 spiro atoms. The van der Waals surface area contributed by atoms with Crippen LogP contribution in [0.15, 0.2) is 48.6 Å². The molecule has 112 valence electrons. The lowest BCUT2D eigenvalue weighted by Crippen LogP contribution is -2.43. The van der Waals surface area contributed by atoms with E-state index in [-0.39, 0.29) is 5.91 Å². The fraction of sp³-hybridized carbons (Fsp3) is 0.421. The quantitative estimate of drug-likeness (QED) is 0.592. The Hall–Kier alpha value is -1.83. The molecule has 0 radical (unpaired) electrons. The molecule has 0 bridgehead atoms. The van der Waals surface area contributed by atoms with E-state index in [0.29, 0.717) is 6.04 Å². The van der Waals surface area contributed by atoms with Crippen molar-refractivity contribution in [2.75, 3.05) is 6.54 Å². The molecule has 0 N–H and O–H groups in total. The molecule has 0 heterocycles. The van der Waals surface area contributed by atoms with Gasteiger partial charge < -0.3 is 4.90 Å². The van der Waals surface area contributed by atoms with Crippen LogP contribution in [0.4, 0.5) is 0 Å². The summed E-state index contributed by atoms with van der Waals surface area (Å²) in [5.74, 6) is 0.138. The highest BCUT2D eigenvalue weighted by atomic mass is 16.2. The highest BCUT2D eigenvalue weighted by Crippen LogP contribution is 2.24. The molecule has 1 aromatic carbocycles. The van der Waals surface area contributed by atoms with Crippen molar-refractivity contribution < 1.29 is 4.79 Å². The van der Waals surface area contributed by atoms with Crippen molar-refractivity contribution >= 4 is 5.91 Å². The van der Waals surface area contributed by atoms with Crippen molar-refractivity contribution in [3.63, 3.8) is 0 Å². The molecule has 1 amide bonds. The molecule has 0 aliphatic heterocycles. The zero-order valence-corrected chi connectivity index (χ0v) is 13.1. The maximum absolute atomic E-state index is 12.4. The number of amides is 1. The van der Waals surface area contributed by atoms with E-state index in [1.807, 2.05) is 25.2 Å². The number of carbonyl (C=O) groups is 1. The van der Waals surface area contributed by atoms with E-state index < -0.39 is 0 Å². The second kappa shape index (κ2) is 7.82. The van der Waals surface area contributed by atoms with Crippen LogP contribution in [-0.4, -0.2) is 23.4 Å².